The van der Waals surface area contributed by atoms with Crippen LogP contribution in [-0.2, 0) is 4.79 Å². The summed E-state index contributed by atoms with van der Waals surface area (Å²) in [6.45, 7) is 9.27. The highest BCUT2D eigenvalue weighted by Crippen LogP contribution is 2.25. The molecule has 3 atom stereocenters. The van der Waals surface area contributed by atoms with Crippen LogP contribution in [0, 0.1) is 11.8 Å². The zero-order valence-electron chi connectivity index (χ0n) is 37.4. The van der Waals surface area contributed by atoms with Crippen LogP contribution in [-0.4, -0.2) is 43.0 Å². The van der Waals surface area contributed by atoms with Crippen LogP contribution in [0.1, 0.15) is 272 Å². The van der Waals surface area contributed by atoms with E-state index in [9.17, 15) is 4.79 Å². The summed E-state index contributed by atoms with van der Waals surface area (Å²) in [7, 11) is 6.69. The van der Waals surface area contributed by atoms with Gasteiger partial charge in [0, 0.05) is 40.0 Å². The van der Waals surface area contributed by atoms with Crippen molar-refractivity contribution >= 4 is 5.78 Å². The van der Waals surface area contributed by atoms with Gasteiger partial charge in [-0.05, 0) is 37.5 Å². The second kappa shape index (κ2) is 40.3. The summed E-state index contributed by atoms with van der Waals surface area (Å²) in [5, 5.41) is 4.78. The van der Waals surface area contributed by atoms with Gasteiger partial charge in [-0.2, -0.15) is 0 Å². The summed E-state index contributed by atoms with van der Waals surface area (Å²) in [5.74, 6) is 2.33. The van der Waals surface area contributed by atoms with E-state index < -0.39 is 0 Å². The summed E-state index contributed by atoms with van der Waals surface area (Å²) < 4.78 is 0. The first kappa shape index (κ1) is 51.6. The van der Waals surface area contributed by atoms with Crippen LogP contribution in [0.25, 0.3) is 0 Å². The van der Waals surface area contributed by atoms with Crippen molar-refractivity contribution in [3.8, 4) is 0 Å². The van der Waals surface area contributed by atoms with Crippen molar-refractivity contribution in [2.45, 2.75) is 278 Å². The lowest BCUT2D eigenvalue weighted by atomic mass is 9.90. The zero-order valence-corrected chi connectivity index (χ0v) is 37.4. The largest absolute Gasteiger partial charge is 0.300 e. The van der Waals surface area contributed by atoms with E-state index in [1.54, 1.807) is 0 Å². The van der Waals surface area contributed by atoms with Gasteiger partial charge in [0.05, 0.1) is 0 Å². The van der Waals surface area contributed by atoms with Gasteiger partial charge in [0.2, 0.25) is 0 Å². The molecule has 0 fully saturated rings. The summed E-state index contributed by atoms with van der Waals surface area (Å²) in [4.78, 5) is 12.6. The van der Waals surface area contributed by atoms with E-state index in [0.29, 0.717) is 11.8 Å². The molecule has 0 aliphatic carbocycles. The minimum absolute atomic E-state index is 0.532. The predicted octanol–water partition coefficient (Wildman–Crippen LogP) is 16.5. The number of carbonyl (C=O) groups excluding carboxylic acids is 1. The molecule has 0 aromatic heterocycles. The second-order valence-electron chi connectivity index (χ2n) is 17.6. The van der Waals surface area contributed by atoms with Gasteiger partial charge in [0.1, 0.15) is 5.78 Å². The number of hydrazine groups is 1. The molecule has 0 aromatic carbocycles. The first-order chi connectivity index (χ1) is 25.4. The minimum Gasteiger partial charge on any atom is -0.300 e. The molecule has 52 heavy (non-hydrogen) atoms. The molecule has 0 saturated carbocycles. The van der Waals surface area contributed by atoms with Crippen molar-refractivity contribution in [2.24, 2.45) is 11.8 Å². The molecule has 0 saturated heterocycles. The third-order valence-electron chi connectivity index (χ3n) is 12.5. The Balaban J connectivity index is 3.95. The summed E-state index contributed by atoms with van der Waals surface area (Å²) in [6.07, 6.45) is 51.3. The molecule has 0 amide bonds. The fraction of sp³-hybridized carbons (Fsp3) is 0.980. The minimum atomic E-state index is 0.532. The van der Waals surface area contributed by atoms with Gasteiger partial charge in [-0.3, -0.25) is 4.79 Å². The average molecular weight is 733 g/mol. The SMILES string of the molecule is CCCCCCC(CCCC)CCCCCCCCCCCCC(CCCCCCCCC(=O)CCC(CCCC)CCCCCC)N(C)N(C)C. The average Bonchev–Trinajstić information content (AvgIpc) is 3.14. The third kappa shape index (κ3) is 34.1. The number of nitrogens with zero attached hydrogens (tertiary/aromatic N) is 2. The fourth-order valence-corrected chi connectivity index (χ4v) is 8.54. The quantitative estimate of drug-likeness (QED) is 0.0461. The van der Waals surface area contributed by atoms with E-state index in [-0.39, 0.29) is 0 Å². The molecule has 0 bridgehead atoms. The molecule has 0 heterocycles. The molecule has 3 heteroatoms. The van der Waals surface area contributed by atoms with E-state index in [0.717, 1.165) is 37.5 Å². The number of unbranched alkanes of at least 4 members (excludes halogenated alkanes) is 22. The molecular formula is C49H100N2O. The van der Waals surface area contributed by atoms with Crippen LogP contribution < -0.4 is 0 Å². The summed E-state index contributed by atoms with van der Waals surface area (Å²) in [5.41, 5.74) is 0. The van der Waals surface area contributed by atoms with Gasteiger partial charge in [-0.1, -0.05) is 233 Å². The molecule has 0 rings (SSSR count). The van der Waals surface area contributed by atoms with Crippen LogP contribution >= 0.6 is 0 Å². The number of hydrogen-bond acceptors (Lipinski definition) is 3. The molecule has 0 N–H and O–H groups in total. The van der Waals surface area contributed by atoms with Crippen molar-refractivity contribution in [3.63, 3.8) is 0 Å². The van der Waals surface area contributed by atoms with Crippen LogP contribution in [0.15, 0.2) is 0 Å². The number of hydrogen-bond donors (Lipinski definition) is 0. The molecule has 312 valence electrons. The smallest absolute Gasteiger partial charge is 0.132 e. The Morgan fingerprint density at radius 2 is 0.654 bits per heavy atom. The van der Waals surface area contributed by atoms with Crippen LogP contribution in [0.2, 0.25) is 0 Å². The van der Waals surface area contributed by atoms with Crippen molar-refractivity contribution < 1.29 is 4.79 Å². The lowest BCUT2D eigenvalue weighted by Crippen LogP contribution is -2.41. The lowest BCUT2D eigenvalue weighted by Gasteiger charge is -2.33. The highest BCUT2D eigenvalue weighted by molar-refractivity contribution is 5.78. The van der Waals surface area contributed by atoms with Crippen molar-refractivity contribution in [1.29, 1.82) is 0 Å². The maximum Gasteiger partial charge on any atom is 0.132 e. The maximum atomic E-state index is 12.6. The van der Waals surface area contributed by atoms with E-state index >= 15 is 0 Å². The predicted molar refractivity (Wildman–Crippen MR) is 235 cm³/mol. The standard InChI is InChI=1S/C49H100N2O/c1-8-12-16-30-38-46(36-14-10-3)39-32-26-22-20-18-19-21-23-27-33-41-48(51(7)50(5)6)42-34-28-24-25-29-35-43-49(52)45-44-47(37-15-11-4)40-31-17-13-9-2/h46-48H,8-45H2,1-7H3. The van der Waals surface area contributed by atoms with Gasteiger partial charge >= 0.3 is 0 Å². The Hall–Kier alpha value is -0.410. The highest BCUT2D eigenvalue weighted by atomic mass is 16.1. The topological polar surface area (TPSA) is 23.6 Å². The number of rotatable bonds is 43. The summed E-state index contributed by atoms with van der Waals surface area (Å²) in [6, 6.07) is 0.679. The van der Waals surface area contributed by atoms with Gasteiger partial charge in [0.15, 0.2) is 0 Å². The van der Waals surface area contributed by atoms with E-state index in [4.69, 9.17) is 0 Å². The van der Waals surface area contributed by atoms with Crippen molar-refractivity contribution in [1.82, 2.24) is 10.0 Å². The Bertz CT molecular complexity index is 707. The van der Waals surface area contributed by atoms with E-state index in [1.165, 1.54) is 218 Å². The maximum absolute atomic E-state index is 12.6. The van der Waals surface area contributed by atoms with Crippen LogP contribution in [0.3, 0.4) is 0 Å². The van der Waals surface area contributed by atoms with Crippen LogP contribution in [0.5, 0.6) is 0 Å². The molecule has 3 nitrogen and oxygen atoms in total. The summed E-state index contributed by atoms with van der Waals surface area (Å²) >= 11 is 0. The number of Topliss-reactive ketones (excluding diaryl/α,β-unsaturated/α-hetero) is 1. The van der Waals surface area contributed by atoms with Crippen LogP contribution in [0.4, 0.5) is 0 Å². The second-order valence-corrected chi connectivity index (χ2v) is 17.6. The van der Waals surface area contributed by atoms with Gasteiger partial charge in [0.25, 0.3) is 0 Å². The number of ketones is 1. The Labute approximate surface area is 330 Å². The Kier molecular flexibility index (Phi) is 39.9. The van der Waals surface area contributed by atoms with Gasteiger partial charge in [-0.25, -0.2) is 10.0 Å². The Morgan fingerprint density at radius 3 is 1.04 bits per heavy atom. The molecule has 0 aromatic rings. The van der Waals surface area contributed by atoms with E-state index in [1.807, 2.05) is 0 Å². The molecule has 0 aliphatic rings. The first-order valence-electron chi connectivity index (χ1n) is 24.3. The highest BCUT2D eigenvalue weighted by Gasteiger charge is 2.16. The van der Waals surface area contributed by atoms with Crippen molar-refractivity contribution in [2.75, 3.05) is 21.1 Å². The molecular weight excluding hydrogens is 633 g/mol. The normalized spacial score (nSPS) is 13.7. The molecule has 0 spiro atoms. The molecule has 0 aliphatic heterocycles. The molecule has 0 radical (unpaired) electrons. The zero-order chi connectivity index (χ0) is 38.3. The Morgan fingerprint density at radius 1 is 0.346 bits per heavy atom. The molecule has 3 unspecified atom stereocenters. The first-order valence-corrected chi connectivity index (χ1v) is 24.3. The number of carbonyl (C=O) groups is 1. The monoisotopic (exact) mass is 733 g/mol. The van der Waals surface area contributed by atoms with Crippen molar-refractivity contribution in [3.05, 3.63) is 0 Å². The van der Waals surface area contributed by atoms with Gasteiger partial charge in [-0.15, -0.1) is 0 Å². The lowest BCUT2D eigenvalue weighted by molar-refractivity contribution is -0.119. The van der Waals surface area contributed by atoms with E-state index in [2.05, 4.69) is 58.9 Å². The fourth-order valence-electron chi connectivity index (χ4n) is 8.54. The third-order valence-corrected chi connectivity index (χ3v) is 12.5. The van der Waals surface area contributed by atoms with Gasteiger partial charge < -0.3 is 0 Å².